The molecule has 0 amide bonds. The van der Waals surface area contributed by atoms with Crippen LogP contribution in [-0.2, 0) is 6.42 Å². The number of H-pyrrole nitrogens is 1. The van der Waals surface area contributed by atoms with E-state index in [2.05, 4.69) is 24.9 Å². The van der Waals surface area contributed by atoms with E-state index >= 15 is 0 Å². The van der Waals surface area contributed by atoms with Gasteiger partial charge in [0.2, 0.25) is 0 Å². The van der Waals surface area contributed by atoms with Crippen LogP contribution < -0.4 is 0 Å². The van der Waals surface area contributed by atoms with Gasteiger partial charge in [0, 0.05) is 47.8 Å². The summed E-state index contributed by atoms with van der Waals surface area (Å²) >= 11 is 6.07. The number of imidazole rings is 1. The van der Waals surface area contributed by atoms with E-state index in [4.69, 9.17) is 11.6 Å². The van der Waals surface area contributed by atoms with Crippen LogP contribution in [0.15, 0.2) is 67.6 Å². The quantitative estimate of drug-likeness (QED) is 0.475. The lowest BCUT2D eigenvalue weighted by Gasteiger charge is -2.07. The van der Waals surface area contributed by atoms with Crippen LogP contribution in [-0.4, -0.2) is 29.5 Å². The molecule has 0 aliphatic rings. The molecular formula is C21H14ClFN6. The lowest BCUT2D eigenvalue weighted by molar-refractivity contribution is 0.596. The van der Waals surface area contributed by atoms with Gasteiger partial charge in [0.15, 0.2) is 11.6 Å². The molecular weight excluding hydrogens is 391 g/mol. The second kappa shape index (κ2) is 7.10. The van der Waals surface area contributed by atoms with E-state index in [0.29, 0.717) is 28.6 Å². The molecule has 8 heteroatoms. The standard InChI is InChI=1S/C21H14ClFN6/c22-14-8-16-17(10-26-20(16)25-9-14)21-27-11-18(23)19(28-21)7-13-1-3-15(4-2-13)29-6-5-24-12-29/h1-6,8-12H,7H2,(H,25,26). The number of halogens is 2. The molecule has 29 heavy (non-hydrogen) atoms. The number of nitrogens with zero attached hydrogens (tertiary/aromatic N) is 5. The SMILES string of the molecule is Fc1cnc(-c2c[nH]c3ncc(Cl)cc23)nc1Cc1ccc(-n2ccnc2)cc1. The van der Waals surface area contributed by atoms with Gasteiger partial charge in [-0.1, -0.05) is 23.7 Å². The van der Waals surface area contributed by atoms with Crippen molar-refractivity contribution in [1.82, 2.24) is 29.5 Å². The Balaban J connectivity index is 1.47. The lowest BCUT2D eigenvalue weighted by atomic mass is 10.1. The van der Waals surface area contributed by atoms with E-state index < -0.39 is 5.82 Å². The van der Waals surface area contributed by atoms with Crippen molar-refractivity contribution in [3.8, 4) is 17.1 Å². The Hall–Kier alpha value is -3.58. The molecule has 0 aliphatic carbocycles. The number of pyridine rings is 1. The maximum absolute atomic E-state index is 14.4. The van der Waals surface area contributed by atoms with Crippen LogP contribution in [0.25, 0.3) is 28.1 Å². The summed E-state index contributed by atoms with van der Waals surface area (Å²) in [5.74, 6) is -0.0183. The third-order valence-electron chi connectivity index (χ3n) is 4.67. The highest BCUT2D eigenvalue weighted by Crippen LogP contribution is 2.27. The molecule has 6 nitrogen and oxygen atoms in total. The fourth-order valence-electron chi connectivity index (χ4n) is 3.21. The van der Waals surface area contributed by atoms with Crippen molar-refractivity contribution in [3.63, 3.8) is 0 Å². The van der Waals surface area contributed by atoms with Crippen molar-refractivity contribution in [2.45, 2.75) is 6.42 Å². The van der Waals surface area contributed by atoms with Crippen molar-refractivity contribution < 1.29 is 4.39 Å². The predicted molar refractivity (Wildman–Crippen MR) is 108 cm³/mol. The molecule has 142 valence electrons. The summed E-state index contributed by atoms with van der Waals surface area (Å²) in [5.41, 5.74) is 3.66. The molecule has 0 bridgehead atoms. The third-order valence-corrected chi connectivity index (χ3v) is 4.87. The molecule has 0 saturated carbocycles. The van der Waals surface area contributed by atoms with E-state index in [1.807, 2.05) is 35.0 Å². The van der Waals surface area contributed by atoms with Gasteiger partial charge in [-0.15, -0.1) is 0 Å². The van der Waals surface area contributed by atoms with E-state index in [0.717, 1.165) is 22.2 Å². The van der Waals surface area contributed by atoms with E-state index in [-0.39, 0.29) is 0 Å². The van der Waals surface area contributed by atoms with Gasteiger partial charge in [0.25, 0.3) is 0 Å². The molecule has 0 unspecified atom stereocenters. The first-order valence-electron chi connectivity index (χ1n) is 8.89. The van der Waals surface area contributed by atoms with Gasteiger partial charge in [-0.05, 0) is 23.8 Å². The van der Waals surface area contributed by atoms with E-state index in [9.17, 15) is 4.39 Å². The highest BCUT2D eigenvalue weighted by atomic mass is 35.5. The highest BCUT2D eigenvalue weighted by molar-refractivity contribution is 6.31. The Kier molecular flexibility index (Phi) is 4.29. The van der Waals surface area contributed by atoms with Gasteiger partial charge in [-0.25, -0.2) is 24.3 Å². The summed E-state index contributed by atoms with van der Waals surface area (Å²) in [6.07, 6.45) is 10.2. The highest BCUT2D eigenvalue weighted by Gasteiger charge is 2.14. The van der Waals surface area contributed by atoms with Crippen LogP contribution in [0.2, 0.25) is 5.02 Å². The zero-order chi connectivity index (χ0) is 19.8. The first-order chi connectivity index (χ1) is 14.2. The van der Waals surface area contributed by atoms with Crippen molar-refractivity contribution in [2.75, 3.05) is 0 Å². The van der Waals surface area contributed by atoms with Gasteiger partial charge >= 0.3 is 0 Å². The summed E-state index contributed by atoms with van der Waals surface area (Å²) in [6.45, 7) is 0. The number of nitrogens with one attached hydrogen (secondary N) is 1. The molecule has 0 saturated heterocycles. The summed E-state index contributed by atoms with van der Waals surface area (Å²) in [4.78, 5) is 20.0. The molecule has 0 radical (unpaired) electrons. The fraction of sp³-hybridized carbons (Fsp3) is 0.0476. The smallest absolute Gasteiger partial charge is 0.163 e. The summed E-state index contributed by atoms with van der Waals surface area (Å²) < 4.78 is 16.3. The second-order valence-corrected chi connectivity index (χ2v) is 6.99. The van der Waals surface area contributed by atoms with Crippen molar-refractivity contribution in [1.29, 1.82) is 0 Å². The summed E-state index contributed by atoms with van der Waals surface area (Å²) in [7, 11) is 0. The third kappa shape index (κ3) is 3.36. The van der Waals surface area contributed by atoms with E-state index in [1.54, 1.807) is 31.0 Å². The van der Waals surface area contributed by atoms with Crippen LogP contribution in [0.5, 0.6) is 0 Å². The largest absolute Gasteiger partial charge is 0.345 e. The molecule has 1 aromatic carbocycles. The van der Waals surface area contributed by atoms with Crippen molar-refractivity contribution in [3.05, 3.63) is 89.7 Å². The van der Waals surface area contributed by atoms with Crippen molar-refractivity contribution >= 4 is 22.6 Å². The Morgan fingerprint density at radius 2 is 1.97 bits per heavy atom. The van der Waals surface area contributed by atoms with E-state index in [1.165, 1.54) is 6.20 Å². The minimum absolute atomic E-state index is 0.328. The number of benzene rings is 1. The Bertz CT molecular complexity index is 1300. The topological polar surface area (TPSA) is 72.3 Å². The van der Waals surface area contributed by atoms with Gasteiger partial charge in [-0.3, -0.25) is 0 Å². The fourth-order valence-corrected chi connectivity index (χ4v) is 3.37. The zero-order valence-electron chi connectivity index (χ0n) is 15.0. The maximum Gasteiger partial charge on any atom is 0.163 e. The first kappa shape index (κ1) is 17.5. The minimum atomic E-state index is -0.441. The number of aromatic nitrogens is 6. The average molecular weight is 405 g/mol. The summed E-state index contributed by atoms with van der Waals surface area (Å²) in [6, 6.07) is 9.61. The van der Waals surface area contributed by atoms with Crippen LogP contribution >= 0.6 is 11.6 Å². The molecule has 4 heterocycles. The molecule has 0 fully saturated rings. The Labute approximate surface area is 170 Å². The number of hydrogen-bond donors (Lipinski definition) is 1. The second-order valence-electron chi connectivity index (χ2n) is 6.55. The minimum Gasteiger partial charge on any atom is -0.345 e. The van der Waals surface area contributed by atoms with Crippen LogP contribution in [0, 0.1) is 5.82 Å². The number of fused-ring (bicyclic) bond motifs is 1. The first-order valence-corrected chi connectivity index (χ1v) is 9.27. The van der Waals surface area contributed by atoms with Gasteiger partial charge in [0.05, 0.1) is 23.2 Å². The average Bonchev–Trinajstić information content (AvgIpc) is 3.40. The number of hydrogen-bond acceptors (Lipinski definition) is 4. The molecule has 0 aliphatic heterocycles. The molecule has 5 aromatic rings. The monoisotopic (exact) mass is 404 g/mol. The molecule has 0 spiro atoms. The zero-order valence-corrected chi connectivity index (χ0v) is 15.8. The van der Waals surface area contributed by atoms with Gasteiger partial charge < -0.3 is 9.55 Å². The lowest BCUT2D eigenvalue weighted by Crippen LogP contribution is -2.01. The normalized spacial score (nSPS) is 11.2. The maximum atomic E-state index is 14.4. The van der Waals surface area contributed by atoms with Crippen LogP contribution in [0.1, 0.15) is 11.3 Å². The van der Waals surface area contributed by atoms with Crippen LogP contribution in [0.4, 0.5) is 4.39 Å². The van der Waals surface area contributed by atoms with Gasteiger partial charge in [-0.2, -0.15) is 0 Å². The number of rotatable bonds is 4. The van der Waals surface area contributed by atoms with Gasteiger partial charge in [0.1, 0.15) is 5.65 Å². The molecule has 4 aromatic heterocycles. The Morgan fingerprint density at radius 1 is 1.10 bits per heavy atom. The number of aromatic amines is 1. The molecule has 5 rings (SSSR count). The predicted octanol–water partition coefficient (Wildman–Crippen LogP) is 4.59. The van der Waals surface area contributed by atoms with Crippen LogP contribution in [0.3, 0.4) is 0 Å². The van der Waals surface area contributed by atoms with Crippen molar-refractivity contribution in [2.24, 2.45) is 0 Å². The summed E-state index contributed by atoms with van der Waals surface area (Å²) in [5, 5.41) is 1.30. The molecule has 1 N–H and O–H groups in total. The molecule has 0 atom stereocenters. The Morgan fingerprint density at radius 3 is 2.76 bits per heavy atom.